The van der Waals surface area contributed by atoms with Gasteiger partial charge in [-0.2, -0.15) is 13.2 Å². The third-order valence-electron chi connectivity index (χ3n) is 3.34. The Hall–Kier alpha value is -2.08. The predicted molar refractivity (Wildman–Crippen MR) is 83.1 cm³/mol. The maximum Gasteiger partial charge on any atom is 0.416 e. The summed E-state index contributed by atoms with van der Waals surface area (Å²) in [7, 11) is -1.24. The maximum atomic E-state index is 12.7. The summed E-state index contributed by atoms with van der Waals surface area (Å²) in [5.74, 6) is 0.274. The lowest BCUT2D eigenvalue weighted by atomic mass is 10.1. The van der Waals surface area contributed by atoms with E-state index in [2.05, 4.69) is 4.99 Å². The van der Waals surface area contributed by atoms with Gasteiger partial charge in [-0.05, 0) is 23.8 Å². The Morgan fingerprint density at radius 3 is 2.59 bits per heavy atom. The lowest BCUT2D eigenvalue weighted by Gasteiger charge is -2.21. The molecule has 2 aromatic rings. The average molecular weight is 323 g/mol. The molecular formula is C16H12F3NOS. The quantitative estimate of drug-likeness (QED) is 0.796. The summed E-state index contributed by atoms with van der Waals surface area (Å²) in [4.78, 5) is 16.7. The molecule has 1 aliphatic rings. The number of carbonyl (C=O) groups excluding carboxylic acids is 1. The fourth-order valence-electron chi connectivity index (χ4n) is 2.26. The number of hydrogen-bond donors (Lipinski definition) is 1. The van der Waals surface area contributed by atoms with Crippen LogP contribution in [-0.2, 0) is 11.9 Å². The molecule has 0 N–H and O–H groups in total. The molecule has 1 heterocycles. The van der Waals surface area contributed by atoms with Crippen molar-refractivity contribution in [3.8, 4) is 0 Å². The van der Waals surface area contributed by atoms with Crippen molar-refractivity contribution in [1.29, 1.82) is 0 Å². The highest BCUT2D eigenvalue weighted by Gasteiger charge is 2.30. The van der Waals surface area contributed by atoms with Gasteiger partial charge in [0.2, 0.25) is 5.12 Å². The first-order valence-electron chi connectivity index (χ1n) is 6.55. The first-order chi connectivity index (χ1) is 10.4. The van der Waals surface area contributed by atoms with Crippen molar-refractivity contribution in [2.24, 2.45) is 4.99 Å². The van der Waals surface area contributed by atoms with Crippen molar-refractivity contribution in [2.45, 2.75) is 11.9 Å². The normalized spacial score (nSPS) is 19.0. The smallest absolute Gasteiger partial charge is 0.283 e. The summed E-state index contributed by atoms with van der Waals surface area (Å²) in [5.41, 5.74) is 2.56. The van der Waals surface area contributed by atoms with E-state index in [0.717, 1.165) is 12.1 Å². The van der Waals surface area contributed by atoms with Crippen LogP contribution >= 0.6 is 10.9 Å². The molecule has 2 nitrogen and oxygen atoms in total. The average Bonchev–Trinajstić information content (AvgIpc) is 2.50. The van der Waals surface area contributed by atoms with Crippen molar-refractivity contribution < 1.29 is 18.0 Å². The molecule has 0 radical (unpaired) electrons. The molecule has 0 aliphatic carbocycles. The van der Waals surface area contributed by atoms with Gasteiger partial charge < -0.3 is 0 Å². The van der Waals surface area contributed by atoms with Crippen LogP contribution in [0, 0.1) is 0 Å². The number of benzene rings is 2. The summed E-state index contributed by atoms with van der Waals surface area (Å²) in [6, 6.07) is 12.1. The van der Waals surface area contributed by atoms with Gasteiger partial charge >= 0.3 is 6.18 Å². The molecule has 114 valence electrons. The third-order valence-corrected chi connectivity index (χ3v) is 5.20. The first-order valence-corrected chi connectivity index (χ1v) is 8.15. The SMILES string of the molecule is O=C1c2ccccc2N=C[SH]1Cc1cccc(C(F)(F)F)c1. The summed E-state index contributed by atoms with van der Waals surface area (Å²) >= 11 is 0. The second kappa shape index (κ2) is 5.61. The first kappa shape index (κ1) is 14.8. The Balaban J connectivity index is 1.85. The van der Waals surface area contributed by atoms with Gasteiger partial charge in [0.15, 0.2) is 0 Å². The standard InChI is InChI=1S/C16H12F3NOS/c17-16(18,19)12-5-3-4-11(8-12)9-22-10-20-14-7-2-1-6-13(14)15(22)21/h1-8,10,22H,9H2. The number of para-hydroxylation sites is 1. The van der Waals surface area contributed by atoms with Gasteiger partial charge in [0.1, 0.15) is 0 Å². The molecule has 1 aliphatic heterocycles. The largest absolute Gasteiger partial charge is 0.416 e. The van der Waals surface area contributed by atoms with Crippen molar-refractivity contribution in [2.75, 3.05) is 0 Å². The summed E-state index contributed by atoms with van der Waals surface area (Å²) in [6.45, 7) is 0. The van der Waals surface area contributed by atoms with Gasteiger partial charge in [0.25, 0.3) is 0 Å². The highest BCUT2D eigenvalue weighted by Crippen LogP contribution is 2.40. The van der Waals surface area contributed by atoms with Crippen molar-refractivity contribution in [3.63, 3.8) is 0 Å². The van der Waals surface area contributed by atoms with E-state index in [9.17, 15) is 18.0 Å². The monoisotopic (exact) mass is 323 g/mol. The Morgan fingerprint density at radius 2 is 1.82 bits per heavy atom. The van der Waals surface area contributed by atoms with Crippen LogP contribution in [0.25, 0.3) is 0 Å². The van der Waals surface area contributed by atoms with E-state index in [-0.39, 0.29) is 10.9 Å². The predicted octanol–water partition coefficient (Wildman–Crippen LogP) is 4.72. The maximum absolute atomic E-state index is 12.7. The van der Waals surface area contributed by atoms with Crippen LogP contribution in [0.1, 0.15) is 21.5 Å². The minimum Gasteiger partial charge on any atom is -0.283 e. The van der Waals surface area contributed by atoms with Crippen LogP contribution in [0.4, 0.5) is 18.9 Å². The minimum absolute atomic E-state index is 0.0435. The summed E-state index contributed by atoms with van der Waals surface area (Å²) in [6.07, 6.45) is -4.37. The molecule has 0 fully saturated rings. The second-order valence-corrected chi connectivity index (χ2v) is 6.79. The molecule has 1 unspecified atom stereocenters. The zero-order chi connectivity index (χ0) is 15.7. The lowest BCUT2D eigenvalue weighted by Crippen LogP contribution is -2.09. The second-order valence-electron chi connectivity index (χ2n) is 4.89. The molecule has 0 saturated heterocycles. The van der Waals surface area contributed by atoms with Gasteiger partial charge in [0.05, 0.1) is 16.8 Å². The van der Waals surface area contributed by atoms with Gasteiger partial charge in [-0.1, -0.05) is 30.3 Å². The van der Waals surface area contributed by atoms with Gasteiger partial charge in [0, 0.05) is 11.3 Å². The molecular weight excluding hydrogens is 311 g/mol. The van der Waals surface area contributed by atoms with E-state index in [1.54, 1.807) is 35.9 Å². The number of aliphatic imine (C=N–C) groups is 1. The fourth-order valence-corrected chi connectivity index (χ4v) is 3.94. The number of rotatable bonds is 2. The number of fused-ring (bicyclic) bond motifs is 1. The van der Waals surface area contributed by atoms with Crippen LogP contribution in [0.2, 0.25) is 0 Å². The van der Waals surface area contributed by atoms with Crippen LogP contribution in [0.5, 0.6) is 0 Å². The molecule has 6 heteroatoms. The molecule has 22 heavy (non-hydrogen) atoms. The lowest BCUT2D eigenvalue weighted by molar-refractivity contribution is -0.137. The van der Waals surface area contributed by atoms with Crippen LogP contribution < -0.4 is 0 Å². The third kappa shape index (κ3) is 2.92. The Morgan fingerprint density at radius 1 is 1.05 bits per heavy atom. The van der Waals surface area contributed by atoms with Crippen molar-refractivity contribution >= 4 is 27.2 Å². The summed E-state index contributed by atoms with van der Waals surface area (Å²) < 4.78 is 38.2. The Bertz CT molecular complexity index is 755. The molecule has 0 saturated carbocycles. The van der Waals surface area contributed by atoms with E-state index in [4.69, 9.17) is 0 Å². The molecule has 2 aromatic carbocycles. The molecule has 0 bridgehead atoms. The van der Waals surface area contributed by atoms with E-state index in [0.29, 0.717) is 16.8 Å². The van der Waals surface area contributed by atoms with Crippen LogP contribution in [0.3, 0.4) is 0 Å². The molecule has 0 amide bonds. The number of nitrogens with zero attached hydrogens (tertiary/aromatic N) is 1. The molecule has 0 aromatic heterocycles. The van der Waals surface area contributed by atoms with Crippen LogP contribution in [0.15, 0.2) is 53.5 Å². The number of hydrogen-bond acceptors (Lipinski definition) is 2. The van der Waals surface area contributed by atoms with Crippen LogP contribution in [-0.4, -0.2) is 10.7 Å². The van der Waals surface area contributed by atoms with E-state index in [1.165, 1.54) is 6.07 Å². The Labute approximate surface area is 128 Å². The van der Waals surface area contributed by atoms with E-state index < -0.39 is 22.6 Å². The summed E-state index contributed by atoms with van der Waals surface area (Å²) in [5, 5.41) is -0.0435. The highest BCUT2D eigenvalue weighted by molar-refractivity contribution is 8.39. The molecule has 0 spiro atoms. The zero-order valence-corrected chi connectivity index (χ0v) is 12.2. The fraction of sp³-hybridized carbons (Fsp3) is 0.125. The van der Waals surface area contributed by atoms with Gasteiger partial charge in [-0.3, -0.25) is 9.79 Å². The van der Waals surface area contributed by atoms with E-state index >= 15 is 0 Å². The topological polar surface area (TPSA) is 29.4 Å². The van der Waals surface area contributed by atoms with Crippen molar-refractivity contribution in [1.82, 2.24) is 0 Å². The number of thiol groups is 1. The number of carbonyl (C=O) groups is 1. The van der Waals surface area contributed by atoms with E-state index in [1.807, 2.05) is 0 Å². The Kier molecular flexibility index (Phi) is 3.78. The number of halogens is 3. The number of alkyl halides is 3. The molecule has 3 rings (SSSR count). The minimum atomic E-state index is -4.37. The van der Waals surface area contributed by atoms with Gasteiger partial charge in [-0.15, -0.1) is 10.9 Å². The highest BCUT2D eigenvalue weighted by atomic mass is 32.2. The zero-order valence-electron chi connectivity index (χ0n) is 11.3. The molecule has 1 atom stereocenters. The van der Waals surface area contributed by atoms with Gasteiger partial charge in [-0.25, -0.2) is 0 Å². The van der Waals surface area contributed by atoms with Crippen molar-refractivity contribution in [3.05, 3.63) is 65.2 Å².